The van der Waals surface area contributed by atoms with Crippen LogP contribution in [-0.4, -0.2) is 58.8 Å². The first-order valence-corrected chi connectivity index (χ1v) is 6.62. The first-order chi connectivity index (χ1) is 9.08. The molecule has 2 heterocycles. The average Bonchev–Trinajstić information content (AvgIpc) is 2.39. The molecular weight excluding hydrogens is 242 g/mol. The van der Waals surface area contributed by atoms with Crippen molar-refractivity contribution in [3.05, 3.63) is 18.3 Å². The third-order valence-corrected chi connectivity index (χ3v) is 3.46. The molecule has 1 saturated heterocycles. The van der Waals surface area contributed by atoms with E-state index in [0.717, 1.165) is 19.6 Å². The topological polar surface area (TPSA) is 61.4 Å². The van der Waals surface area contributed by atoms with Crippen LogP contribution in [0.15, 0.2) is 18.3 Å². The van der Waals surface area contributed by atoms with E-state index in [1.807, 2.05) is 4.90 Å². The Morgan fingerprint density at radius 3 is 2.89 bits per heavy atom. The van der Waals surface area contributed by atoms with Crippen LogP contribution in [0.5, 0.6) is 0 Å². The Bertz CT molecular complexity index is 422. The van der Waals surface area contributed by atoms with E-state index >= 15 is 0 Å². The molecule has 1 atom stereocenters. The highest BCUT2D eigenvalue weighted by Crippen LogP contribution is 2.17. The predicted molar refractivity (Wildman–Crippen MR) is 73.9 cm³/mol. The molecule has 1 fully saturated rings. The second-order valence-electron chi connectivity index (χ2n) is 5.31. The maximum atomic E-state index is 12.3. The van der Waals surface area contributed by atoms with Crippen LogP contribution in [-0.2, 0) is 0 Å². The Balaban J connectivity index is 2.04. The Morgan fingerprint density at radius 2 is 2.26 bits per heavy atom. The van der Waals surface area contributed by atoms with Gasteiger partial charge in [-0.2, -0.15) is 5.10 Å². The molecule has 0 aromatic carbocycles. The van der Waals surface area contributed by atoms with Crippen LogP contribution in [0.2, 0.25) is 0 Å². The number of rotatable bonds is 2. The van der Waals surface area contributed by atoms with Crippen LogP contribution in [0.4, 0.5) is 10.6 Å². The second-order valence-corrected chi connectivity index (χ2v) is 5.31. The molecule has 1 aromatic rings. The van der Waals surface area contributed by atoms with Crippen molar-refractivity contribution in [1.29, 1.82) is 0 Å². The number of piperazine rings is 1. The van der Waals surface area contributed by atoms with Crippen LogP contribution >= 0.6 is 0 Å². The Morgan fingerprint density at radius 1 is 1.47 bits per heavy atom. The molecular formula is C13H21N5O. The van der Waals surface area contributed by atoms with Crippen molar-refractivity contribution in [2.75, 3.05) is 32.0 Å². The normalized spacial score (nSPS) is 20.6. The van der Waals surface area contributed by atoms with E-state index in [-0.39, 0.29) is 12.1 Å². The highest BCUT2D eigenvalue weighted by atomic mass is 16.2. The minimum absolute atomic E-state index is 0.0905. The van der Waals surface area contributed by atoms with Gasteiger partial charge >= 0.3 is 6.03 Å². The van der Waals surface area contributed by atoms with Crippen molar-refractivity contribution in [1.82, 2.24) is 20.0 Å². The van der Waals surface area contributed by atoms with Crippen LogP contribution < -0.4 is 5.32 Å². The predicted octanol–water partition coefficient (Wildman–Crippen LogP) is 1.28. The van der Waals surface area contributed by atoms with Crippen molar-refractivity contribution in [2.24, 2.45) is 5.92 Å². The van der Waals surface area contributed by atoms with Crippen LogP contribution in [0, 0.1) is 5.92 Å². The summed E-state index contributed by atoms with van der Waals surface area (Å²) in [4.78, 5) is 16.5. The number of likely N-dealkylation sites (N-methyl/N-ethyl adjacent to an activating group) is 1. The lowest BCUT2D eigenvalue weighted by atomic mass is 10.0. The number of carbonyl (C=O) groups is 1. The minimum Gasteiger partial charge on any atom is -0.319 e. The van der Waals surface area contributed by atoms with E-state index in [2.05, 4.69) is 41.3 Å². The smallest absolute Gasteiger partial charge is 0.319 e. The van der Waals surface area contributed by atoms with E-state index in [1.54, 1.807) is 18.3 Å². The molecule has 0 aliphatic carbocycles. The van der Waals surface area contributed by atoms with Crippen molar-refractivity contribution in [3.8, 4) is 0 Å². The highest BCUT2D eigenvalue weighted by molar-refractivity contribution is 5.88. The molecule has 0 radical (unpaired) electrons. The summed E-state index contributed by atoms with van der Waals surface area (Å²) in [5.41, 5.74) is 0. The SMILES string of the molecule is CC(C)[C@@H]1CN(C)CCN1C(=O)Nc1cccnn1. The van der Waals surface area contributed by atoms with Gasteiger partial charge in [0.2, 0.25) is 0 Å². The van der Waals surface area contributed by atoms with Crippen LogP contribution in [0.1, 0.15) is 13.8 Å². The molecule has 2 rings (SSSR count). The zero-order chi connectivity index (χ0) is 13.8. The summed E-state index contributed by atoms with van der Waals surface area (Å²) < 4.78 is 0. The summed E-state index contributed by atoms with van der Waals surface area (Å²) in [6, 6.07) is 3.64. The van der Waals surface area contributed by atoms with Crippen molar-refractivity contribution < 1.29 is 4.79 Å². The van der Waals surface area contributed by atoms with Crippen molar-refractivity contribution >= 4 is 11.8 Å². The number of nitrogens with one attached hydrogen (secondary N) is 1. The van der Waals surface area contributed by atoms with Gasteiger partial charge in [-0.05, 0) is 25.1 Å². The number of aromatic nitrogens is 2. The summed E-state index contributed by atoms with van der Waals surface area (Å²) in [5.74, 6) is 0.921. The van der Waals surface area contributed by atoms with Crippen molar-refractivity contribution in [2.45, 2.75) is 19.9 Å². The zero-order valence-electron chi connectivity index (χ0n) is 11.7. The molecule has 19 heavy (non-hydrogen) atoms. The Labute approximate surface area is 113 Å². The standard InChI is InChI=1S/C13H21N5O/c1-10(2)11-9-17(3)7-8-18(11)13(19)15-12-5-4-6-14-16-12/h4-6,10-11H,7-9H2,1-3H3,(H,15,16,19)/t11-/m0/s1. The van der Waals surface area contributed by atoms with Gasteiger partial charge in [-0.1, -0.05) is 13.8 Å². The summed E-state index contributed by atoms with van der Waals surface area (Å²) >= 11 is 0. The fraction of sp³-hybridized carbons (Fsp3) is 0.615. The van der Waals surface area contributed by atoms with Gasteiger partial charge in [0, 0.05) is 31.9 Å². The Kier molecular flexibility index (Phi) is 4.31. The molecule has 0 bridgehead atoms. The molecule has 104 valence electrons. The first kappa shape index (κ1) is 13.7. The molecule has 6 heteroatoms. The van der Waals surface area contributed by atoms with Gasteiger partial charge in [0.1, 0.15) is 0 Å². The number of hydrogen-bond donors (Lipinski definition) is 1. The second kappa shape index (κ2) is 5.97. The van der Waals surface area contributed by atoms with Crippen LogP contribution in [0.25, 0.3) is 0 Å². The van der Waals surface area contributed by atoms with Gasteiger partial charge in [0.05, 0.1) is 0 Å². The monoisotopic (exact) mass is 263 g/mol. The maximum Gasteiger partial charge on any atom is 0.323 e. The van der Waals surface area contributed by atoms with Gasteiger partial charge in [-0.25, -0.2) is 4.79 Å². The molecule has 0 spiro atoms. The molecule has 0 saturated carbocycles. The zero-order valence-corrected chi connectivity index (χ0v) is 11.7. The van der Waals surface area contributed by atoms with E-state index in [1.165, 1.54) is 0 Å². The van der Waals surface area contributed by atoms with Gasteiger partial charge < -0.3 is 9.80 Å². The fourth-order valence-corrected chi connectivity index (χ4v) is 2.33. The quantitative estimate of drug-likeness (QED) is 0.873. The molecule has 1 aromatic heterocycles. The number of amides is 2. The van der Waals surface area contributed by atoms with Crippen molar-refractivity contribution in [3.63, 3.8) is 0 Å². The molecule has 2 amide bonds. The van der Waals surface area contributed by atoms with Gasteiger partial charge in [0.25, 0.3) is 0 Å². The summed E-state index contributed by atoms with van der Waals surface area (Å²) in [6.07, 6.45) is 1.59. The minimum atomic E-state index is -0.0905. The first-order valence-electron chi connectivity index (χ1n) is 6.62. The number of nitrogens with zero attached hydrogens (tertiary/aromatic N) is 4. The molecule has 1 aliphatic heterocycles. The third-order valence-electron chi connectivity index (χ3n) is 3.46. The molecule has 1 aliphatic rings. The molecule has 1 N–H and O–H groups in total. The highest BCUT2D eigenvalue weighted by Gasteiger charge is 2.31. The summed E-state index contributed by atoms with van der Waals surface area (Å²) in [7, 11) is 2.09. The summed E-state index contributed by atoms with van der Waals surface area (Å²) in [5, 5.41) is 10.4. The lowest BCUT2D eigenvalue weighted by Gasteiger charge is -2.41. The lowest BCUT2D eigenvalue weighted by molar-refractivity contribution is 0.0921. The summed E-state index contributed by atoms with van der Waals surface area (Å²) in [6.45, 7) is 6.84. The van der Waals surface area contributed by atoms with Gasteiger partial charge in [0.15, 0.2) is 5.82 Å². The van der Waals surface area contributed by atoms with E-state index < -0.39 is 0 Å². The number of anilines is 1. The van der Waals surface area contributed by atoms with Gasteiger partial charge in [-0.15, -0.1) is 5.10 Å². The van der Waals surface area contributed by atoms with E-state index in [9.17, 15) is 4.79 Å². The maximum absolute atomic E-state index is 12.3. The number of urea groups is 1. The number of carbonyl (C=O) groups excluding carboxylic acids is 1. The largest absolute Gasteiger partial charge is 0.323 e. The molecule has 6 nitrogen and oxygen atoms in total. The fourth-order valence-electron chi connectivity index (χ4n) is 2.33. The van der Waals surface area contributed by atoms with Crippen LogP contribution in [0.3, 0.4) is 0 Å². The lowest BCUT2D eigenvalue weighted by Crippen LogP contribution is -2.57. The molecule has 0 unspecified atom stereocenters. The Hall–Kier alpha value is -1.69. The van der Waals surface area contributed by atoms with E-state index in [0.29, 0.717) is 11.7 Å². The number of hydrogen-bond acceptors (Lipinski definition) is 4. The van der Waals surface area contributed by atoms with E-state index in [4.69, 9.17) is 0 Å². The van der Waals surface area contributed by atoms with Gasteiger partial charge in [-0.3, -0.25) is 5.32 Å². The average molecular weight is 263 g/mol. The third kappa shape index (κ3) is 3.41.